The molecule has 0 bridgehead atoms. The molecule has 3 amide bonds. The number of aromatic amines is 1. The van der Waals surface area contributed by atoms with Crippen molar-refractivity contribution in [2.45, 2.75) is 75.5 Å². The van der Waals surface area contributed by atoms with E-state index < -0.39 is 35.9 Å². The number of unbranched alkanes of at least 4 members (excludes halogenated alkanes) is 1. The van der Waals surface area contributed by atoms with Gasteiger partial charge in [0.25, 0.3) is 0 Å². The van der Waals surface area contributed by atoms with E-state index in [0.717, 1.165) is 29.4 Å². The first-order valence-corrected chi connectivity index (χ1v) is 14.4. The fraction of sp³-hybridized carbons (Fsp3) is 0.536. The molecule has 1 fully saturated rings. The Hall–Kier alpha value is -4.17. The number of hydrogen-bond donors (Lipinski definition) is 9. The van der Waals surface area contributed by atoms with Gasteiger partial charge in [-0.25, -0.2) is 4.79 Å². The van der Waals surface area contributed by atoms with Gasteiger partial charge in [0.2, 0.25) is 17.7 Å². The summed E-state index contributed by atoms with van der Waals surface area (Å²) in [5.41, 5.74) is 17.9. The minimum absolute atomic E-state index is 0.0811. The van der Waals surface area contributed by atoms with E-state index in [1.807, 2.05) is 24.3 Å². The summed E-state index contributed by atoms with van der Waals surface area (Å²) in [5.74, 6) is -2.79. The summed E-state index contributed by atoms with van der Waals surface area (Å²) in [6, 6.07) is 3.93. The number of H-pyrrole nitrogens is 1. The van der Waals surface area contributed by atoms with E-state index in [4.69, 9.17) is 17.2 Å². The molecule has 14 heteroatoms. The molecule has 1 aliphatic heterocycles. The highest BCUT2D eigenvalue weighted by molar-refractivity contribution is 5.95. The first kappa shape index (κ1) is 32.3. The van der Waals surface area contributed by atoms with E-state index in [1.165, 1.54) is 0 Å². The topological polar surface area (TPSA) is 243 Å². The summed E-state index contributed by atoms with van der Waals surface area (Å²) in [6.07, 6.45) is 5.40. The second-order valence-corrected chi connectivity index (χ2v) is 10.5. The number of aliphatic carboxylic acids is 1. The van der Waals surface area contributed by atoms with E-state index in [2.05, 4.69) is 31.2 Å². The average Bonchev–Trinajstić information content (AvgIpc) is 3.64. The number of nitrogens with one attached hydrogen (secondary N) is 5. The fourth-order valence-electron chi connectivity index (χ4n) is 4.98. The van der Waals surface area contributed by atoms with Gasteiger partial charge >= 0.3 is 5.97 Å². The van der Waals surface area contributed by atoms with Crippen LogP contribution in [-0.2, 0) is 25.6 Å². The van der Waals surface area contributed by atoms with Crippen LogP contribution >= 0.6 is 0 Å². The van der Waals surface area contributed by atoms with Crippen LogP contribution in [0.3, 0.4) is 0 Å². The molecular formula is C28H43N9O5. The molecule has 0 spiro atoms. The molecule has 3 rings (SSSR count). The lowest BCUT2D eigenvalue weighted by atomic mass is 10.0. The van der Waals surface area contributed by atoms with Crippen molar-refractivity contribution in [2.24, 2.45) is 22.2 Å². The number of benzene rings is 1. The largest absolute Gasteiger partial charge is 0.480 e. The van der Waals surface area contributed by atoms with Crippen molar-refractivity contribution < 1.29 is 24.3 Å². The van der Waals surface area contributed by atoms with E-state index in [-0.39, 0.29) is 37.3 Å². The standard InChI is InChI=1S/C28H43N9O5/c29-12-4-3-9-21(35-24(38)20-10-5-13-32-20)25(39)37-23(15-17-16-34-19-8-2-1-7-18(17)19)26(40)36-22(27(41)42)11-6-14-33-28(30)31/h1-2,7-8,16,20-23,32,34H,3-6,9-15,29H2,(H,35,38)(H,36,40)(H,37,39)(H,41,42)(H4,30,31,33). The minimum atomic E-state index is -1.22. The van der Waals surface area contributed by atoms with Gasteiger partial charge in [-0.2, -0.15) is 0 Å². The van der Waals surface area contributed by atoms with Crippen molar-refractivity contribution in [2.75, 3.05) is 19.6 Å². The molecule has 4 unspecified atom stereocenters. The Morgan fingerprint density at radius 2 is 1.69 bits per heavy atom. The maximum absolute atomic E-state index is 13.6. The minimum Gasteiger partial charge on any atom is -0.480 e. The summed E-state index contributed by atoms with van der Waals surface area (Å²) in [7, 11) is 0. The van der Waals surface area contributed by atoms with Crippen LogP contribution in [0.5, 0.6) is 0 Å². The van der Waals surface area contributed by atoms with E-state index in [0.29, 0.717) is 38.6 Å². The Morgan fingerprint density at radius 3 is 2.38 bits per heavy atom. The van der Waals surface area contributed by atoms with Gasteiger partial charge in [0.15, 0.2) is 5.96 Å². The fourth-order valence-corrected chi connectivity index (χ4v) is 4.98. The van der Waals surface area contributed by atoms with Crippen molar-refractivity contribution in [3.8, 4) is 0 Å². The Kier molecular flexibility index (Phi) is 12.6. The molecule has 1 saturated heterocycles. The number of rotatable bonds is 17. The van der Waals surface area contributed by atoms with Gasteiger partial charge in [-0.1, -0.05) is 18.2 Å². The lowest BCUT2D eigenvalue weighted by Crippen LogP contribution is -2.57. The van der Waals surface area contributed by atoms with Gasteiger partial charge in [-0.15, -0.1) is 0 Å². The van der Waals surface area contributed by atoms with Crippen molar-refractivity contribution >= 4 is 40.6 Å². The third-order valence-corrected chi connectivity index (χ3v) is 7.25. The molecule has 2 aromatic rings. The van der Waals surface area contributed by atoms with Gasteiger partial charge in [0, 0.05) is 30.1 Å². The molecule has 230 valence electrons. The molecule has 1 aromatic carbocycles. The zero-order chi connectivity index (χ0) is 30.5. The third kappa shape index (κ3) is 9.73. The van der Waals surface area contributed by atoms with Crippen molar-refractivity contribution in [3.63, 3.8) is 0 Å². The molecule has 12 N–H and O–H groups in total. The number of fused-ring (bicyclic) bond motifs is 1. The van der Waals surface area contributed by atoms with Crippen molar-refractivity contribution in [3.05, 3.63) is 36.0 Å². The van der Waals surface area contributed by atoms with Crippen molar-refractivity contribution in [1.82, 2.24) is 26.3 Å². The van der Waals surface area contributed by atoms with Gasteiger partial charge in [0.1, 0.15) is 18.1 Å². The average molecular weight is 586 g/mol. The monoisotopic (exact) mass is 585 g/mol. The van der Waals surface area contributed by atoms with Crippen LogP contribution in [0.25, 0.3) is 10.9 Å². The molecule has 0 saturated carbocycles. The van der Waals surface area contributed by atoms with Crippen LogP contribution in [0.15, 0.2) is 35.5 Å². The number of carbonyl (C=O) groups is 4. The van der Waals surface area contributed by atoms with Crippen LogP contribution in [0.2, 0.25) is 0 Å². The molecule has 1 aliphatic rings. The summed E-state index contributed by atoms with van der Waals surface area (Å²) in [5, 5.41) is 21.9. The molecule has 2 heterocycles. The lowest BCUT2D eigenvalue weighted by molar-refractivity contribution is -0.142. The molecule has 4 atom stereocenters. The zero-order valence-corrected chi connectivity index (χ0v) is 23.7. The summed E-state index contributed by atoms with van der Waals surface area (Å²) in [6.45, 7) is 1.38. The molecule has 1 aromatic heterocycles. The number of nitrogens with zero attached hydrogens (tertiary/aromatic N) is 1. The highest BCUT2D eigenvalue weighted by atomic mass is 16.4. The number of para-hydroxylation sites is 1. The molecule has 0 radical (unpaired) electrons. The predicted octanol–water partition coefficient (Wildman–Crippen LogP) is -0.816. The molecular weight excluding hydrogens is 542 g/mol. The SMILES string of the molecule is NCCCCC(NC(=O)C1CCCN1)C(=O)NC(Cc1c[nH]c2ccccc12)C(=O)NC(CCCN=C(N)N)C(=O)O. The maximum atomic E-state index is 13.6. The normalized spacial score (nSPS) is 16.7. The van der Waals surface area contributed by atoms with Gasteiger partial charge in [0.05, 0.1) is 6.04 Å². The lowest BCUT2D eigenvalue weighted by Gasteiger charge is -2.25. The predicted molar refractivity (Wildman–Crippen MR) is 159 cm³/mol. The van der Waals surface area contributed by atoms with Crippen LogP contribution in [0, 0.1) is 0 Å². The second-order valence-electron chi connectivity index (χ2n) is 10.5. The second kappa shape index (κ2) is 16.3. The van der Waals surface area contributed by atoms with Crippen LogP contribution in [-0.4, -0.2) is 83.5 Å². The summed E-state index contributed by atoms with van der Waals surface area (Å²) in [4.78, 5) is 58.9. The smallest absolute Gasteiger partial charge is 0.326 e. The number of hydrogen-bond acceptors (Lipinski definition) is 7. The van der Waals surface area contributed by atoms with Gasteiger partial charge < -0.3 is 48.6 Å². The van der Waals surface area contributed by atoms with Crippen LogP contribution in [0.1, 0.15) is 50.5 Å². The Morgan fingerprint density at radius 1 is 0.976 bits per heavy atom. The van der Waals surface area contributed by atoms with Crippen molar-refractivity contribution in [1.29, 1.82) is 0 Å². The molecule has 42 heavy (non-hydrogen) atoms. The van der Waals surface area contributed by atoms with Crippen LogP contribution in [0.4, 0.5) is 0 Å². The molecule has 14 nitrogen and oxygen atoms in total. The zero-order valence-electron chi connectivity index (χ0n) is 23.7. The van der Waals surface area contributed by atoms with Gasteiger partial charge in [-0.3, -0.25) is 19.4 Å². The number of guanidine groups is 1. The maximum Gasteiger partial charge on any atom is 0.326 e. The highest BCUT2D eigenvalue weighted by Crippen LogP contribution is 2.19. The highest BCUT2D eigenvalue weighted by Gasteiger charge is 2.31. The summed E-state index contributed by atoms with van der Waals surface area (Å²) < 4.78 is 0. The Labute approximate surface area is 244 Å². The van der Waals surface area contributed by atoms with E-state index >= 15 is 0 Å². The first-order chi connectivity index (χ1) is 20.2. The number of nitrogens with two attached hydrogens (primary N) is 3. The number of aromatic nitrogens is 1. The quantitative estimate of drug-likeness (QED) is 0.0639. The van der Waals surface area contributed by atoms with E-state index in [1.54, 1.807) is 6.20 Å². The molecule has 0 aliphatic carbocycles. The number of carboxylic acids is 1. The Bertz CT molecular complexity index is 1240. The first-order valence-electron chi connectivity index (χ1n) is 14.4. The number of aliphatic imine (C=N–C) groups is 1. The summed E-state index contributed by atoms with van der Waals surface area (Å²) >= 11 is 0. The third-order valence-electron chi connectivity index (χ3n) is 7.25. The van der Waals surface area contributed by atoms with E-state index in [9.17, 15) is 24.3 Å². The van der Waals surface area contributed by atoms with Gasteiger partial charge in [-0.05, 0) is 69.7 Å². The van der Waals surface area contributed by atoms with Crippen LogP contribution < -0.4 is 38.5 Å². The number of carboxylic acid groups (broad SMARTS) is 1. The number of carbonyl (C=O) groups excluding carboxylic acids is 3. The number of amides is 3. The Balaban J connectivity index is 1.79.